The monoisotopic (exact) mass is 446 g/mol. The highest BCUT2D eigenvalue weighted by atomic mass is 32.2. The third kappa shape index (κ3) is 5.01. The van der Waals surface area contributed by atoms with Crippen molar-refractivity contribution in [1.82, 2.24) is 5.32 Å². The number of amidine groups is 1. The van der Waals surface area contributed by atoms with Gasteiger partial charge in [-0.1, -0.05) is 60.3 Å². The zero-order valence-electron chi connectivity index (χ0n) is 16.7. The second-order valence-electron chi connectivity index (χ2n) is 6.95. The lowest BCUT2D eigenvalue weighted by molar-refractivity contribution is -0.122. The second-order valence-corrected chi connectivity index (χ2v) is 8.14. The number of rotatable bonds is 6. The van der Waals surface area contributed by atoms with E-state index in [0.29, 0.717) is 16.4 Å². The number of anilines is 1. The molecular formula is C23H18N4O4S. The number of carboxylic acids is 1. The van der Waals surface area contributed by atoms with Crippen molar-refractivity contribution in [2.75, 3.05) is 5.32 Å². The number of nitrogens with zero attached hydrogens (tertiary/aromatic N) is 2. The Hall–Kier alpha value is -3.98. The molecule has 1 heterocycles. The van der Waals surface area contributed by atoms with E-state index in [4.69, 9.17) is 5.11 Å². The highest BCUT2D eigenvalue weighted by molar-refractivity contribution is 8.15. The average Bonchev–Trinajstić information content (AvgIpc) is 3.13. The Morgan fingerprint density at radius 2 is 1.81 bits per heavy atom. The lowest BCUT2D eigenvalue weighted by atomic mass is 10.1. The molecule has 0 aliphatic carbocycles. The molecule has 0 radical (unpaired) electrons. The van der Waals surface area contributed by atoms with Gasteiger partial charge in [0.1, 0.15) is 5.25 Å². The van der Waals surface area contributed by atoms with Crippen molar-refractivity contribution in [3.05, 3.63) is 77.9 Å². The van der Waals surface area contributed by atoms with Crippen LogP contribution in [0.4, 0.5) is 5.69 Å². The Kier molecular flexibility index (Phi) is 6.27. The molecule has 3 N–H and O–H groups in total. The summed E-state index contributed by atoms with van der Waals surface area (Å²) in [6.07, 6.45) is 1.45. The standard InChI is InChI=1S/C23H18N4O4S/c28-20(25-18-7-3-5-15-4-1-2-6-17(15)18)12-19-21(29)26-23(32-19)27-24-13-14-8-10-16(11-9-14)22(30)31/h1-11,13,19H,12H2,(H,25,28)(H,30,31)(H,26,27,29)/b24-13+. The van der Waals surface area contributed by atoms with Crippen molar-refractivity contribution in [2.45, 2.75) is 11.7 Å². The number of carbonyl (C=O) groups is 3. The van der Waals surface area contributed by atoms with E-state index in [1.807, 2.05) is 42.5 Å². The van der Waals surface area contributed by atoms with Crippen LogP contribution in [-0.4, -0.2) is 39.5 Å². The number of carbonyl (C=O) groups excluding carboxylic acids is 2. The summed E-state index contributed by atoms with van der Waals surface area (Å²) in [6, 6.07) is 19.5. The highest BCUT2D eigenvalue weighted by Gasteiger charge is 2.32. The van der Waals surface area contributed by atoms with Crippen LogP contribution in [0.5, 0.6) is 0 Å². The molecule has 3 aromatic rings. The number of carboxylic acid groups (broad SMARTS) is 1. The maximum atomic E-state index is 12.5. The molecule has 8 nitrogen and oxygen atoms in total. The number of aromatic carboxylic acids is 1. The van der Waals surface area contributed by atoms with E-state index in [2.05, 4.69) is 20.8 Å². The quantitative estimate of drug-likeness (QED) is 0.395. The number of amides is 2. The Morgan fingerprint density at radius 3 is 2.59 bits per heavy atom. The van der Waals surface area contributed by atoms with Crippen molar-refractivity contribution in [1.29, 1.82) is 0 Å². The first-order valence-electron chi connectivity index (χ1n) is 9.69. The second kappa shape index (κ2) is 9.44. The van der Waals surface area contributed by atoms with Crippen LogP contribution >= 0.6 is 11.8 Å². The van der Waals surface area contributed by atoms with Crippen molar-refractivity contribution >= 4 is 57.4 Å². The first-order valence-corrected chi connectivity index (χ1v) is 10.6. The molecular weight excluding hydrogens is 428 g/mol. The SMILES string of the molecule is O=C(CC1S/C(=N/N=C/c2ccc(C(=O)O)cc2)NC1=O)Nc1cccc2ccccc12. The van der Waals surface area contributed by atoms with Gasteiger partial charge in [0.25, 0.3) is 0 Å². The van der Waals surface area contributed by atoms with Gasteiger partial charge in [0, 0.05) is 17.5 Å². The van der Waals surface area contributed by atoms with Crippen LogP contribution in [-0.2, 0) is 9.59 Å². The van der Waals surface area contributed by atoms with Gasteiger partial charge in [-0.3, -0.25) is 9.59 Å². The van der Waals surface area contributed by atoms with Crippen LogP contribution in [0, 0.1) is 0 Å². The molecule has 1 saturated heterocycles. The molecule has 1 aliphatic rings. The summed E-state index contributed by atoms with van der Waals surface area (Å²) in [5, 5.41) is 24.0. The lowest BCUT2D eigenvalue weighted by Gasteiger charge is -2.10. The smallest absolute Gasteiger partial charge is 0.335 e. The van der Waals surface area contributed by atoms with Gasteiger partial charge in [-0.2, -0.15) is 5.10 Å². The molecule has 0 saturated carbocycles. The van der Waals surface area contributed by atoms with Crippen molar-refractivity contribution in [2.24, 2.45) is 10.2 Å². The summed E-state index contributed by atoms with van der Waals surface area (Å²) in [4.78, 5) is 35.6. The van der Waals surface area contributed by atoms with Crippen LogP contribution in [0.15, 0.2) is 76.9 Å². The van der Waals surface area contributed by atoms with E-state index in [1.165, 1.54) is 18.3 Å². The fourth-order valence-corrected chi connectivity index (χ4v) is 4.07. The van der Waals surface area contributed by atoms with Gasteiger partial charge < -0.3 is 15.7 Å². The number of hydrogen-bond donors (Lipinski definition) is 3. The van der Waals surface area contributed by atoms with Gasteiger partial charge in [-0.25, -0.2) is 4.79 Å². The molecule has 0 aromatic heterocycles. The molecule has 1 fully saturated rings. The van der Waals surface area contributed by atoms with E-state index >= 15 is 0 Å². The Labute approximate surface area is 187 Å². The topological polar surface area (TPSA) is 120 Å². The average molecular weight is 446 g/mol. The molecule has 2 amide bonds. The molecule has 0 spiro atoms. The van der Waals surface area contributed by atoms with Crippen LogP contribution < -0.4 is 10.6 Å². The van der Waals surface area contributed by atoms with Crippen LogP contribution in [0.2, 0.25) is 0 Å². The first-order chi connectivity index (χ1) is 15.5. The number of thioether (sulfide) groups is 1. The van der Waals surface area contributed by atoms with Crippen molar-refractivity contribution in [3.63, 3.8) is 0 Å². The third-order valence-corrected chi connectivity index (χ3v) is 5.80. The summed E-state index contributed by atoms with van der Waals surface area (Å²) < 4.78 is 0. The predicted molar refractivity (Wildman–Crippen MR) is 125 cm³/mol. The molecule has 0 bridgehead atoms. The number of hydrogen-bond acceptors (Lipinski definition) is 6. The number of fused-ring (bicyclic) bond motifs is 1. The van der Waals surface area contributed by atoms with E-state index in [9.17, 15) is 14.4 Å². The number of benzene rings is 3. The summed E-state index contributed by atoms with van der Waals surface area (Å²) in [5.74, 6) is -1.57. The van der Waals surface area contributed by atoms with Crippen LogP contribution in [0.3, 0.4) is 0 Å². The minimum atomic E-state index is -1.01. The van der Waals surface area contributed by atoms with Gasteiger partial charge in [0.05, 0.1) is 11.8 Å². The lowest BCUT2D eigenvalue weighted by Crippen LogP contribution is -2.28. The normalized spacial score (nSPS) is 17.1. The fraction of sp³-hybridized carbons (Fsp3) is 0.0870. The highest BCUT2D eigenvalue weighted by Crippen LogP contribution is 2.26. The van der Waals surface area contributed by atoms with Gasteiger partial charge >= 0.3 is 5.97 Å². The Morgan fingerprint density at radius 1 is 1.06 bits per heavy atom. The van der Waals surface area contributed by atoms with Gasteiger partial charge in [0.15, 0.2) is 5.17 Å². The molecule has 3 aromatic carbocycles. The molecule has 1 aliphatic heterocycles. The molecule has 1 atom stereocenters. The van der Waals surface area contributed by atoms with Crippen molar-refractivity contribution < 1.29 is 19.5 Å². The van der Waals surface area contributed by atoms with E-state index in [-0.39, 0.29) is 23.8 Å². The molecule has 160 valence electrons. The fourth-order valence-electron chi connectivity index (χ4n) is 3.15. The zero-order valence-corrected chi connectivity index (χ0v) is 17.5. The Balaban J connectivity index is 1.36. The molecule has 1 unspecified atom stereocenters. The minimum absolute atomic E-state index is 0.000887. The zero-order chi connectivity index (χ0) is 22.5. The van der Waals surface area contributed by atoms with Crippen molar-refractivity contribution in [3.8, 4) is 0 Å². The minimum Gasteiger partial charge on any atom is -0.478 e. The Bertz CT molecular complexity index is 1250. The van der Waals surface area contributed by atoms with Crippen LogP contribution in [0.1, 0.15) is 22.3 Å². The maximum Gasteiger partial charge on any atom is 0.335 e. The largest absolute Gasteiger partial charge is 0.478 e. The van der Waals surface area contributed by atoms with E-state index < -0.39 is 11.2 Å². The molecule has 4 rings (SSSR count). The summed E-state index contributed by atoms with van der Waals surface area (Å²) in [6.45, 7) is 0. The number of nitrogens with one attached hydrogen (secondary N) is 2. The summed E-state index contributed by atoms with van der Waals surface area (Å²) in [5.41, 5.74) is 1.54. The predicted octanol–water partition coefficient (Wildman–Crippen LogP) is 3.49. The van der Waals surface area contributed by atoms with Gasteiger partial charge in [0.2, 0.25) is 11.8 Å². The van der Waals surface area contributed by atoms with Gasteiger partial charge in [-0.05, 0) is 29.1 Å². The van der Waals surface area contributed by atoms with Gasteiger partial charge in [-0.15, -0.1) is 5.10 Å². The molecule has 32 heavy (non-hydrogen) atoms. The summed E-state index contributed by atoms with van der Waals surface area (Å²) in [7, 11) is 0. The maximum absolute atomic E-state index is 12.5. The van der Waals surface area contributed by atoms with E-state index in [0.717, 1.165) is 22.5 Å². The van der Waals surface area contributed by atoms with Crippen LogP contribution in [0.25, 0.3) is 10.8 Å². The third-order valence-electron chi connectivity index (χ3n) is 4.72. The summed E-state index contributed by atoms with van der Waals surface area (Å²) >= 11 is 1.14. The first kappa shape index (κ1) is 21.3. The molecule has 9 heteroatoms. The van der Waals surface area contributed by atoms with E-state index in [1.54, 1.807) is 12.1 Å².